The van der Waals surface area contributed by atoms with E-state index in [1.165, 1.54) is 4.31 Å². The van der Waals surface area contributed by atoms with Gasteiger partial charge in [0, 0.05) is 25.3 Å². The number of benzene rings is 2. The number of hydrogen-bond donors (Lipinski definition) is 3. The molecule has 0 atom stereocenters. The van der Waals surface area contributed by atoms with Crippen LogP contribution in [0, 0.1) is 13.8 Å². The fourth-order valence-corrected chi connectivity index (χ4v) is 4.57. The van der Waals surface area contributed by atoms with Gasteiger partial charge >= 0.3 is 0 Å². The maximum absolute atomic E-state index is 12.9. The van der Waals surface area contributed by atoms with Gasteiger partial charge in [0.1, 0.15) is 0 Å². The number of carbonyl (C=O) groups excluding carboxylic acids is 1. The first-order valence-corrected chi connectivity index (χ1v) is 11.7. The summed E-state index contributed by atoms with van der Waals surface area (Å²) in [5, 5.41) is 9.14. The third-order valence-electron chi connectivity index (χ3n) is 4.93. The van der Waals surface area contributed by atoms with Crippen molar-refractivity contribution in [2.45, 2.75) is 39.5 Å². The molecule has 1 amide bonds. The average molecular weight is 433 g/mol. The Kier molecular flexibility index (Phi) is 8.25. The van der Waals surface area contributed by atoms with Gasteiger partial charge in [-0.05, 0) is 62.2 Å². The SMILES string of the molecule is CCNc1ccc(S(=O)(=O)N(CC)CC)cc1NCC(=O)Nc1ccc(C)c(C)c1. The van der Waals surface area contributed by atoms with Crippen LogP contribution in [0.1, 0.15) is 31.9 Å². The molecule has 164 valence electrons. The second-order valence-electron chi connectivity index (χ2n) is 7.03. The molecule has 0 heterocycles. The minimum Gasteiger partial charge on any atom is -0.384 e. The predicted octanol–water partition coefficient (Wildman–Crippen LogP) is 3.82. The van der Waals surface area contributed by atoms with Gasteiger partial charge < -0.3 is 16.0 Å². The van der Waals surface area contributed by atoms with Gasteiger partial charge in [-0.3, -0.25) is 4.79 Å². The van der Waals surface area contributed by atoms with Crippen molar-refractivity contribution in [3.05, 3.63) is 47.5 Å². The zero-order valence-electron chi connectivity index (χ0n) is 18.4. The van der Waals surface area contributed by atoms with E-state index in [-0.39, 0.29) is 17.3 Å². The maximum Gasteiger partial charge on any atom is 0.243 e. The number of hydrogen-bond acceptors (Lipinski definition) is 5. The Balaban J connectivity index is 2.20. The zero-order chi connectivity index (χ0) is 22.3. The first kappa shape index (κ1) is 23.7. The van der Waals surface area contributed by atoms with Crippen LogP contribution in [0.2, 0.25) is 0 Å². The Labute approximate surface area is 179 Å². The third kappa shape index (κ3) is 5.73. The van der Waals surface area contributed by atoms with Gasteiger partial charge in [0.2, 0.25) is 15.9 Å². The van der Waals surface area contributed by atoms with E-state index in [0.717, 1.165) is 22.5 Å². The molecule has 0 aliphatic carbocycles. The lowest BCUT2D eigenvalue weighted by molar-refractivity contribution is -0.114. The number of sulfonamides is 1. The molecule has 7 nitrogen and oxygen atoms in total. The van der Waals surface area contributed by atoms with Crippen LogP contribution in [0.15, 0.2) is 41.3 Å². The van der Waals surface area contributed by atoms with Gasteiger partial charge in [-0.15, -0.1) is 0 Å². The summed E-state index contributed by atoms with van der Waals surface area (Å²) in [4.78, 5) is 12.6. The minimum atomic E-state index is -3.59. The van der Waals surface area contributed by atoms with E-state index < -0.39 is 10.0 Å². The van der Waals surface area contributed by atoms with Crippen molar-refractivity contribution in [1.82, 2.24) is 4.31 Å². The lowest BCUT2D eigenvalue weighted by atomic mass is 10.1. The molecule has 0 bridgehead atoms. The summed E-state index contributed by atoms with van der Waals surface area (Å²) in [6.45, 7) is 11.1. The van der Waals surface area contributed by atoms with Crippen LogP contribution in [-0.4, -0.2) is 44.8 Å². The van der Waals surface area contributed by atoms with Crippen molar-refractivity contribution < 1.29 is 13.2 Å². The van der Waals surface area contributed by atoms with Crippen molar-refractivity contribution in [2.75, 3.05) is 42.1 Å². The molecule has 0 aliphatic rings. The molecule has 2 aromatic carbocycles. The Morgan fingerprint density at radius 1 is 0.900 bits per heavy atom. The van der Waals surface area contributed by atoms with Gasteiger partial charge in [-0.1, -0.05) is 19.9 Å². The molecule has 3 N–H and O–H groups in total. The van der Waals surface area contributed by atoms with Crippen LogP contribution in [0.3, 0.4) is 0 Å². The summed E-state index contributed by atoms with van der Waals surface area (Å²) in [5.41, 5.74) is 4.31. The molecule has 0 saturated heterocycles. The highest BCUT2D eigenvalue weighted by molar-refractivity contribution is 7.89. The highest BCUT2D eigenvalue weighted by Crippen LogP contribution is 2.27. The molecular weight excluding hydrogens is 400 g/mol. The largest absolute Gasteiger partial charge is 0.384 e. The van der Waals surface area contributed by atoms with Crippen LogP contribution < -0.4 is 16.0 Å². The molecule has 2 rings (SSSR count). The number of amides is 1. The van der Waals surface area contributed by atoms with Crippen LogP contribution in [0.5, 0.6) is 0 Å². The van der Waals surface area contributed by atoms with E-state index in [1.54, 1.807) is 18.2 Å². The highest BCUT2D eigenvalue weighted by Gasteiger charge is 2.22. The van der Waals surface area contributed by atoms with E-state index >= 15 is 0 Å². The number of aryl methyl sites for hydroxylation is 2. The van der Waals surface area contributed by atoms with Crippen LogP contribution in [0.25, 0.3) is 0 Å². The maximum atomic E-state index is 12.9. The number of nitrogens with zero attached hydrogens (tertiary/aromatic N) is 1. The van der Waals surface area contributed by atoms with Gasteiger partial charge in [-0.2, -0.15) is 4.31 Å². The molecule has 0 fully saturated rings. The van der Waals surface area contributed by atoms with E-state index in [9.17, 15) is 13.2 Å². The van der Waals surface area contributed by atoms with E-state index in [4.69, 9.17) is 0 Å². The molecule has 0 aliphatic heterocycles. The lowest BCUT2D eigenvalue weighted by Gasteiger charge is -2.20. The van der Waals surface area contributed by atoms with Crippen molar-refractivity contribution in [3.8, 4) is 0 Å². The highest BCUT2D eigenvalue weighted by atomic mass is 32.2. The molecular formula is C22H32N4O3S. The topological polar surface area (TPSA) is 90.5 Å². The summed E-state index contributed by atoms with van der Waals surface area (Å²) in [5.74, 6) is -0.210. The molecule has 0 unspecified atom stereocenters. The van der Waals surface area contributed by atoms with Crippen molar-refractivity contribution >= 4 is 33.0 Å². The smallest absolute Gasteiger partial charge is 0.243 e. The molecule has 30 heavy (non-hydrogen) atoms. The summed E-state index contributed by atoms with van der Waals surface area (Å²) >= 11 is 0. The van der Waals surface area contributed by atoms with Crippen molar-refractivity contribution in [1.29, 1.82) is 0 Å². The van der Waals surface area contributed by atoms with Gasteiger partial charge in [0.15, 0.2) is 0 Å². The molecule has 0 spiro atoms. The second-order valence-corrected chi connectivity index (χ2v) is 8.97. The number of anilines is 3. The normalized spacial score (nSPS) is 11.4. The van der Waals surface area contributed by atoms with Crippen molar-refractivity contribution in [2.24, 2.45) is 0 Å². The first-order chi connectivity index (χ1) is 14.2. The summed E-state index contributed by atoms with van der Waals surface area (Å²) in [6, 6.07) is 10.6. The predicted molar refractivity (Wildman–Crippen MR) is 124 cm³/mol. The third-order valence-corrected chi connectivity index (χ3v) is 6.98. The van der Waals surface area contributed by atoms with E-state index in [0.29, 0.717) is 25.3 Å². The number of rotatable bonds is 10. The Morgan fingerprint density at radius 2 is 1.60 bits per heavy atom. The van der Waals surface area contributed by atoms with Gasteiger partial charge in [-0.25, -0.2) is 8.42 Å². The van der Waals surface area contributed by atoms with E-state index in [2.05, 4.69) is 16.0 Å². The first-order valence-electron chi connectivity index (χ1n) is 10.2. The molecule has 0 radical (unpaired) electrons. The van der Waals surface area contributed by atoms with Crippen LogP contribution in [0.4, 0.5) is 17.1 Å². The fourth-order valence-electron chi connectivity index (χ4n) is 3.09. The fraction of sp³-hybridized carbons (Fsp3) is 0.409. The molecule has 2 aromatic rings. The summed E-state index contributed by atoms with van der Waals surface area (Å²) in [7, 11) is -3.59. The number of nitrogens with one attached hydrogen (secondary N) is 3. The Hall–Kier alpha value is -2.58. The summed E-state index contributed by atoms with van der Waals surface area (Å²) < 4.78 is 27.1. The van der Waals surface area contributed by atoms with E-state index in [1.807, 2.05) is 52.8 Å². The monoisotopic (exact) mass is 432 g/mol. The average Bonchev–Trinajstić information content (AvgIpc) is 2.71. The van der Waals surface area contributed by atoms with Crippen molar-refractivity contribution in [3.63, 3.8) is 0 Å². The Morgan fingerprint density at radius 3 is 2.20 bits per heavy atom. The lowest BCUT2D eigenvalue weighted by Crippen LogP contribution is -2.30. The number of carbonyl (C=O) groups is 1. The zero-order valence-corrected chi connectivity index (χ0v) is 19.2. The second kappa shape index (κ2) is 10.4. The van der Waals surface area contributed by atoms with Gasteiger partial charge in [0.25, 0.3) is 0 Å². The summed E-state index contributed by atoms with van der Waals surface area (Å²) in [6.07, 6.45) is 0. The molecule has 8 heteroatoms. The standard InChI is InChI=1S/C22H32N4O3S/c1-6-23-20-12-11-19(30(28,29)26(7-2)8-3)14-21(20)24-15-22(27)25-18-10-9-16(4)17(5)13-18/h9-14,23-24H,6-8,15H2,1-5H3,(H,25,27). The molecule has 0 saturated carbocycles. The van der Waals surface area contributed by atoms with Gasteiger partial charge in [0.05, 0.1) is 22.8 Å². The minimum absolute atomic E-state index is 0.0140. The van der Waals surface area contributed by atoms with Crippen LogP contribution >= 0.6 is 0 Å². The Bertz CT molecular complexity index is 986. The van der Waals surface area contributed by atoms with Crippen LogP contribution in [-0.2, 0) is 14.8 Å². The molecule has 0 aromatic heterocycles. The quantitative estimate of drug-likeness (QED) is 0.531.